The summed E-state index contributed by atoms with van der Waals surface area (Å²) in [5.41, 5.74) is 11.6. The third kappa shape index (κ3) is 4.75. The van der Waals surface area contributed by atoms with E-state index in [0.717, 1.165) is 49.6 Å². The fourth-order valence-electron chi connectivity index (χ4n) is 4.98. The summed E-state index contributed by atoms with van der Waals surface area (Å²) in [5.74, 6) is 0.941. The average Bonchev–Trinajstić information content (AvgIpc) is 2.89. The molecule has 2 aliphatic rings. The van der Waals surface area contributed by atoms with Crippen molar-refractivity contribution in [2.75, 3.05) is 23.7 Å². The van der Waals surface area contributed by atoms with E-state index in [1.54, 1.807) is 0 Å². The van der Waals surface area contributed by atoms with Crippen LogP contribution in [-0.2, 0) is 6.54 Å². The van der Waals surface area contributed by atoms with Crippen molar-refractivity contribution >= 4 is 34.5 Å². The monoisotopic (exact) mass is 479 g/mol. The van der Waals surface area contributed by atoms with Gasteiger partial charge in [0.2, 0.25) is 0 Å². The van der Waals surface area contributed by atoms with Gasteiger partial charge in [-0.1, -0.05) is 48.2 Å². The van der Waals surface area contributed by atoms with Crippen molar-refractivity contribution in [1.29, 1.82) is 0 Å². The van der Waals surface area contributed by atoms with Crippen molar-refractivity contribution in [1.82, 2.24) is 4.90 Å². The third-order valence-corrected chi connectivity index (χ3v) is 7.85. The largest absolute Gasteiger partial charge is 0.490 e. The predicted molar refractivity (Wildman–Crippen MR) is 145 cm³/mol. The molecule has 35 heavy (non-hydrogen) atoms. The van der Waals surface area contributed by atoms with Gasteiger partial charge >= 0.3 is 0 Å². The maximum atomic E-state index is 6.38. The first-order valence-electron chi connectivity index (χ1n) is 12.2. The molecule has 6 rings (SSSR count). The third-order valence-electron chi connectivity index (χ3n) is 6.72. The van der Waals surface area contributed by atoms with Crippen LogP contribution in [0.15, 0.2) is 107 Å². The molecule has 4 nitrogen and oxygen atoms in total. The lowest BCUT2D eigenvalue weighted by Gasteiger charge is -2.33. The standard InChI is InChI=1S/C30H29N3OS/c31-23-7-5-6-22(20-23)21-32-18-16-26(17-19-32)34-25-14-12-24(13-15-25)33-27-8-1-3-10-29(27)35-30-11-4-2-9-28(30)33/h1-15,20,26H,16-19,21,31H2. The van der Waals surface area contributed by atoms with Crippen LogP contribution in [0.25, 0.3) is 0 Å². The molecule has 0 amide bonds. The second-order valence-corrected chi connectivity index (χ2v) is 10.3. The van der Waals surface area contributed by atoms with Gasteiger partial charge in [-0.05, 0) is 79.1 Å². The number of nitrogen functional groups attached to an aromatic ring is 1. The Labute approximate surface area is 211 Å². The van der Waals surface area contributed by atoms with Crippen LogP contribution in [-0.4, -0.2) is 24.1 Å². The van der Waals surface area contributed by atoms with Crippen LogP contribution >= 0.6 is 11.8 Å². The molecule has 0 bridgehead atoms. The van der Waals surface area contributed by atoms with E-state index in [9.17, 15) is 0 Å². The summed E-state index contributed by atoms with van der Waals surface area (Å²) >= 11 is 1.83. The van der Waals surface area contributed by atoms with Crippen LogP contribution in [0, 0.1) is 0 Å². The van der Waals surface area contributed by atoms with Gasteiger partial charge in [0.05, 0.1) is 11.4 Å². The maximum absolute atomic E-state index is 6.38. The Bertz CT molecular complexity index is 1270. The molecule has 1 fully saturated rings. The van der Waals surface area contributed by atoms with Crippen molar-refractivity contribution in [3.8, 4) is 5.75 Å². The number of para-hydroxylation sites is 2. The van der Waals surface area contributed by atoms with Crippen molar-refractivity contribution in [2.24, 2.45) is 0 Å². The van der Waals surface area contributed by atoms with Crippen LogP contribution in [0.1, 0.15) is 18.4 Å². The highest BCUT2D eigenvalue weighted by molar-refractivity contribution is 7.99. The van der Waals surface area contributed by atoms with E-state index < -0.39 is 0 Å². The zero-order valence-electron chi connectivity index (χ0n) is 19.6. The van der Waals surface area contributed by atoms with E-state index >= 15 is 0 Å². The van der Waals surface area contributed by atoms with E-state index in [2.05, 4.69) is 94.7 Å². The van der Waals surface area contributed by atoms with Crippen LogP contribution in [0.2, 0.25) is 0 Å². The molecule has 0 spiro atoms. The van der Waals surface area contributed by atoms with Gasteiger partial charge in [0.1, 0.15) is 11.9 Å². The second kappa shape index (κ2) is 9.68. The highest BCUT2D eigenvalue weighted by Crippen LogP contribution is 2.51. The number of nitrogens with two attached hydrogens (primary N) is 1. The number of likely N-dealkylation sites (tertiary alicyclic amines) is 1. The van der Waals surface area contributed by atoms with Crippen LogP contribution in [0.4, 0.5) is 22.7 Å². The van der Waals surface area contributed by atoms with Crippen LogP contribution < -0.4 is 15.4 Å². The van der Waals surface area contributed by atoms with Gasteiger partial charge in [-0.2, -0.15) is 0 Å². The minimum Gasteiger partial charge on any atom is -0.490 e. The molecule has 0 unspecified atom stereocenters. The van der Waals surface area contributed by atoms with E-state index in [1.165, 1.54) is 26.7 Å². The van der Waals surface area contributed by atoms with Gasteiger partial charge in [-0.3, -0.25) is 4.90 Å². The zero-order chi connectivity index (χ0) is 23.6. The van der Waals surface area contributed by atoms with Gasteiger partial charge < -0.3 is 15.4 Å². The fourth-order valence-corrected chi connectivity index (χ4v) is 6.04. The Morgan fingerprint density at radius 3 is 2.09 bits per heavy atom. The van der Waals surface area contributed by atoms with E-state index in [1.807, 2.05) is 23.9 Å². The molecule has 2 N–H and O–H groups in total. The Kier molecular flexibility index (Phi) is 6.11. The number of hydrogen-bond donors (Lipinski definition) is 1. The first kappa shape index (κ1) is 22.1. The number of ether oxygens (including phenoxy) is 1. The topological polar surface area (TPSA) is 41.7 Å². The Morgan fingerprint density at radius 1 is 0.771 bits per heavy atom. The van der Waals surface area contributed by atoms with Gasteiger partial charge in [-0.25, -0.2) is 0 Å². The summed E-state index contributed by atoms with van der Waals surface area (Å²) in [6, 6.07) is 34.0. The number of rotatable bonds is 5. The van der Waals surface area contributed by atoms with Gasteiger partial charge in [0.15, 0.2) is 0 Å². The lowest BCUT2D eigenvalue weighted by Crippen LogP contribution is -2.37. The molecule has 0 atom stereocenters. The first-order chi connectivity index (χ1) is 17.2. The molecule has 0 aliphatic carbocycles. The normalized spacial score (nSPS) is 15.9. The molecule has 176 valence electrons. The highest BCUT2D eigenvalue weighted by atomic mass is 32.2. The van der Waals surface area contributed by atoms with Crippen molar-refractivity contribution in [3.63, 3.8) is 0 Å². The van der Waals surface area contributed by atoms with E-state index in [0.29, 0.717) is 0 Å². The molecular weight excluding hydrogens is 450 g/mol. The molecular formula is C30H29N3OS. The van der Waals surface area contributed by atoms with Gasteiger partial charge in [0, 0.05) is 40.8 Å². The summed E-state index contributed by atoms with van der Waals surface area (Å²) in [6.45, 7) is 3.02. The first-order valence-corrected chi connectivity index (χ1v) is 13.0. The molecule has 1 saturated heterocycles. The number of nitrogens with zero attached hydrogens (tertiary/aromatic N) is 2. The number of benzene rings is 4. The van der Waals surface area contributed by atoms with E-state index in [-0.39, 0.29) is 6.10 Å². The Morgan fingerprint density at radius 2 is 1.43 bits per heavy atom. The quantitative estimate of drug-likeness (QED) is 0.269. The summed E-state index contributed by atoms with van der Waals surface area (Å²) in [4.78, 5) is 7.38. The number of anilines is 4. The minimum absolute atomic E-state index is 0.255. The predicted octanol–water partition coefficient (Wildman–Crippen LogP) is 7.25. The Balaban J connectivity index is 1.12. The summed E-state index contributed by atoms with van der Waals surface area (Å²) < 4.78 is 6.38. The smallest absolute Gasteiger partial charge is 0.119 e. The van der Waals surface area contributed by atoms with Gasteiger partial charge in [-0.15, -0.1) is 0 Å². The molecule has 4 aromatic rings. The number of fused-ring (bicyclic) bond motifs is 2. The SMILES string of the molecule is Nc1cccc(CN2CCC(Oc3ccc(N4c5ccccc5Sc5ccccc54)cc3)CC2)c1. The minimum atomic E-state index is 0.255. The number of piperidine rings is 1. The molecule has 0 saturated carbocycles. The van der Waals surface area contributed by atoms with Crippen molar-refractivity contribution in [2.45, 2.75) is 35.3 Å². The fraction of sp³-hybridized carbons (Fsp3) is 0.200. The van der Waals surface area contributed by atoms with Crippen molar-refractivity contribution < 1.29 is 4.74 Å². The van der Waals surface area contributed by atoms with E-state index in [4.69, 9.17) is 10.5 Å². The Hall–Kier alpha value is -3.41. The molecule has 0 radical (unpaired) electrons. The maximum Gasteiger partial charge on any atom is 0.119 e. The average molecular weight is 480 g/mol. The highest BCUT2D eigenvalue weighted by Gasteiger charge is 2.25. The molecule has 0 aromatic heterocycles. The molecule has 5 heteroatoms. The number of hydrogen-bond acceptors (Lipinski definition) is 5. The molecule has 2 aliphatic heterocycles. The molecule has 4 aromatic carbocycles. The second-order valence-electron chi connectivity index (χ2n) is 9.21. The van der Waals surface area contributed by atoms with Gasteiger partial charge in [0.25, 0.3) is 0 Å². The lowest BCUT2D eigenvalue weighted by molar-refractivity contribution is 0.0968. The van der Waals surface area contributed by atoms with Crippen molar-refractivity contribution in [3.05, 3.63) is 103 Å². The van der Waals surface area contributed by atoms with Crippen LogP contribution in [0.5, 0.6) is 5.75 Å². The summed E-state index contributed by atoms with van der Waals surface area (Å²) in [5, 5.41) is 0. The van der Waals surface area contributed by atoms with Crippen LogP contribution in [0.3, 0.4) is 0 Å². The zero-order valence-corrected chi connectivity index (χ0v) is 20.5. The molecule has 2 heterocycles. The lowest BCUT2D eigenvalue weighted by atomic mass is 10.1. The summed E-state index contributed by atoms with van der Waals surface area (Å²) in [7, 11) is 0. The summed E-state index contributed by atoms with van der Waals surface area (Å²) in [6.07, 6.45) is 2.33.